The van der Waals surface area contributed by atoms with Crippen LogP contribution in [0.4, 0.5) is 14.5 Å². The Bertz CT molecular complexity index is 1480. The molecule has 0 amide bonds. The quantitative estimate of drug-likeness (QED) is 0.442. The van der Waals surface area contributed by atoms with E-state index in [0.717, 1.165) is 24.7 Å². The molecule has 0 unspecified atom stereocenters. The molecule has 0 radical (unpaired) electrons. The SMILES string of the molecule is CN1CCN(c2cc3c(cc2F)c(=O)n(OCc2ccccc2)c(=O)n3-c2ccc(F)cc2)CC1. The fourth-order valence-electron chi connectivity index (χ4n) is 4.25. The maximum Gasteiger partial charge on any atom is 0.369 e. The van der Waals surface area contributed by atoms with Crippen LogP contribution in [0.2, 0.25) is 0 Å². The molecule has 0 spiro atoms. The Morgan fingerprint density at radius 1 is 0.886 bits per heavy atom. The molecule has 0 aliphatic carbocycles. The van der Waals surface area contributed by atoms with Gasteiger partial charge in [-0.15, -0.1) is 0 Å². The molecule has 7 nitrogen and oxygen atoms in total. The van der Waals surface area contributed by atoms with Gasteiger partial charge in [0.15, 0.2) is 0 Å². The van der Waals surface area contributed by atoms with E-state index in [0.29, 0.717) is 29.2 Å². The molecule has 5 rings (SSSR count). The molecule has 1 aliphatic rings. The second kappa shape index (κ2) is 9.34. The summed E-state index contributed by atoms with van der Waals surface area (Å²) in [4.78, 5) is 36.4. The van der Waals surface area contributed by atoms with E-state index in [9.17, 15) is 14.0 Å². The summed E-state index contributed by atoms with van der Waals surface area (Å²) < 4.78 is 30.8. The van der Waals surface area contributed by atoms with E-state index in [4.69, 9.17) is 4.84 Å². The first-order chi connectivity index (χ1) is 16.9. The number of halogens is 2. The molecule has 1 aromatic heterocycles. The molecule has 2 heterocycles. The van der Waals surface area contributed by atoms with Gasteiger partial charge in [-0.3, -0.25) is 9.36 Å². The van der Waals surface area contributed by atoms with Crippen LogP contribution in [0.25, 0.3) is 16.6 Å². The van der Waals surface area contributed by atoms with Crippen LogP contribution in [0.3, 0.4) is 0 Å². The van der Waals surface area contributed by atoms with Crippen molar-refractivity contribution in [3.05, 3.63) is 105 Å². The van der Waals surface area contributed by atoms with Crippen molar-refractivity contribution in [2.45, 2.75) is 6.61 Å². The molecule has 1 saturated heterocycles. The number of piperazine rings is 1. The van der Waals surface area contributed by atoms with Gasteiger partial charge in [-0.2, -0.15) is 0 Å². The molecule has 180 valence electrons. The first kappa shape index (κ1) is 22.8. The lowest BCUT2D eigenvalue weighted by atomic mass is 10.1. The Kier molecular flexibility index (Phi) is 6.08. The van der Waals surface area contributed by atoms with Gasteiger partial charge >= 0.3 is 5.69 Å². The molecule has 35 heavy (non-hydrogen) atoms. The van der Waals surface area contributed by atoms with Crippen molar-refractivity contribution in [2.24, 2.45) is 0 Å². The lowest BCUT2D eigenvalue weighted by molar-refractivity contribution is 0.0789. The number of hydrogen-bond acceptors (Lipinski definition) is 5. The molecular formula is C26H24F2N4O3. The van der Waals surface area contributed by atoms with Gasteiger partial charge in [-0.05, 0) is 49.0 Å². The van der Waals surface area contributed by atoms with Crippen molar-refractivity contribution in [1.82, 2.24) is 14.2 Å². The smallest absolute Gasteiger partial charge is 0.369 e. The second-order valence-electron chi connectivity index (χ2n) is 8.56. The molecule has 0 N–H and O–H groups in total. The molecule has 0 atom stereocenters. The highest BCUT2D eigenvalue weighted by atomic mass is 19.1. The third-order valence-corrected chi connectivity index (χ3v) is 6.22. The van der Waals surface area contributed by atoms with Gasteiger partial charge in [0.05, 0.1) is 22.3 Å². The van der Waals surface area contributed by atoms with Gasteiger partial charge in [0.2, 0.25) is 0 Å². The van der Waals surface area contributed by atoms with Crippen LogP contribution in [-0.2, 0) is 6.61 Å². The number of likely N-dealkylation sites (N-methyl/N-ethyl adjacent to an activating group) is 1. The Hall–Kier alpha value is -3.98. The molecule has 1 aliphatic heterocycles. The van der Waals surface area contributed by atoms with Gasteiger partial charge in [0, 0.05) is 26.2 Å². The van der Waals surface area contributed by atoms with Crippen molar-refractivity contribution < 1.29 is 13.6 Å². The number of hydrogen-bond donors (Lipinski definition) is 0. The predicted octanol–water partition coefficient (Wildman–Crippen LogP) is 2.81. The number of fused-ring (bicyclic) bond motifs is 1. The highest BCUT2D eigenvalue weighted by Gasteiger charge is 2.22. The summed E-state index contributed by atoms with van der Waals surface area (Å²) in [6.45, 7) is 2.70. The summed E-state index contributed by atoms with van der Waals surface area (Å²) in [7, 11) is 2.00. The maximum atomic E-state index is 15.3. The molecule has 9 heteroatoms. The van der Waals surface area contributed by atoms with Gasteiger partial charge in [0.1, 0.15) is 18.2 Å². The number of nitrogens with zero attached hydrogens (tertiary/aromatic N) is 4. The maximum absolute atomic E-state index is 15.3. The van der Waals surface area contributed by atoms with Crippen molar-refractivity contribution in [3.8, 4) is 5.69 Å². The summed E-state index contributed by atoms with van der Waals surface area (Å²) in [5.74, 6) is -1.03. The fraction of sp³-hybridized carbons (Fsp3) is 0.231. The lowest BCUT2D eigenvalue weighted by Crippen LogP contribution is -2.45. The third-order valence-electron chi connectivity index (χ3n) is 6.22. The summed E-state index contributed by atoms with van der Waals surface area (Å²) in [5, 5.41) is -0.0163. The highest BCUT2D eigenvalue weighted by molar-refractivity contribution is 5.84. The summed E-state index contributed by atoms with van der Waals surface area (Å²) in [5.41, 5.74) is 0.0898. The van der Waals surface area contributed by atoms with Crippen molar-refractivity contribution in [1.29, 1.82) is 0 Å². The number of rotatable bonds is 5. The van der Waals surface area contributed by atoms with Crippen LogP contribution in [0.5, 0.6) is 0 Å². The van der Waals surface area contributed by atoms with E-state index >= 15 is 4.39 Å². The van der Waals surface area contributed by atoms with E-state index in [1.54, 1.807) is 12.1 Å². The zero-order valence-electron chi connectivity index (χ0n) is 19.2. The van der Waals surface area contributed by atoms with Crippen LogP contribution in [0.15, 0.2) is 76.3 Å². The van der Waals surface area contributed by atoms with Gasteiger partial charge in [-0.1, -0.05) is 35.1 Å². The monoisotopic (exact) mass is 478 g/mol. The predicted molar refractivity (Wildman–Crippen MR) is 130 cm³/mol. The minimum atomic E-state index is -0.763. The average Bonchev–Trinajstić information content (AvgIpc) is 2.86. The van der Waals surface area contributed by atoms with Gasteiger partial charge in [0.25, 0.3) is 5.56 Å². The zero-order valence-corrected chi connectivity index (χ0v) is 19.2. The van der Waals surface area contributed by atoms with E-state index in [1.165, 1.54) is 34.9 Å². The first-order valence-corrected chi connectivity index (χ1v) is 11.3. The van der Waals surface area contributed by atoms with Crippen LogP contribution < -0.4 is 21.0 Å². The largest absolute Gasteiger partial charge is 0.401 e. The minimum absolute atomic E-state index is 0.0163. The van der Waals surface area contributed by atoms with E-state index in [-0.39, 0.29) is 17.5 Å². The van der Waals surface area contributed by atoms with Gasteiger partial charge in [-0.25, -0.2) is 13.6 Å². The molecule has 4 aromatic rings. The van der Waals surface area contributed by atoms with Gasteiger partial charge < -0.3 is 14.6 Å². The molecule has 0 bridgehead atoms. The zero-order chi connectivity index (χ0) is 24.5. The van der Waals surface area contributed by atoms with E-state index < -0.39 is 22.9 Å². The van der Waals surface area contributed by atoms with Crippen molar-refractivity contribution in [2.75, 3.05) is 38.1 Å². The molecule has 0 saturated carbocycles. The normalized spacial score (nSPS) is 14.4. The number of benzene rings is 3. The van der Waals surface area contributed by atoms with E-state index in [1.807, 2.05) is 30.1 Å². The first-order valence-electron chi connectivity index (χ1n) is 11.3. The molecular weight excluding hydrogens is 454 g/mol. The van der Waals surface area contributed by atoms with Crippen LogP contribution in [0.1, 0.15) is 5.56 Å². The van der Waals surface area contributed by atoms with Crippen molar-refractivity contribution in [3.63, 3.8) is 0 Å². The topological polar surface area (TPSA) is 59.7 Å². The van der Waals surface area contributed by atoms with Crippen molar-refractivity contribution >= 4 is 16.6 Å². The summed E-state index contributed by atoms with van der Waals surface area (Å²) in [6, 6.07) is 17.0. The van der Waals surface area contributed by atoms with Crippen LogP contribution in [-0.4, -0.2) is 47.4 Å². The summed E-state index contributed by atoms with van der Waals surface area (Å²) >= 11 is 0. The van der Waals surface area contributed by atoms with Crippen LogP contribution in [0, 0.1) is 11.6 Å². The highest BCUT2D eigenvalue weighted by Crippen LogP contribution is 2.26. The lowest BCUT2D eigenvalue weighted by Gasteiger charge is -2.34. The standard InChI is InChI=1S/C26H24F2N4O3/c1-29-11-13-30(14-12-29)24-16-23-21(15-22(24)28)25(33)32(35-17-18-5-3-2-4-6-18)26(34)31(23)20-9-7-19(27)8-10-20/h2-10,15-16H,11-14,17H2,1H3. The Labute approximate surface area is 200 Å². The molecule has 3 aromatic carbocycles. The Balaban J connectivity index is 1.69. The van der Waals surface area contributed by atoms with E-state index in [2.05, 4.69) is 4.90 Å². The number of aromatic nitrogens is 2. The third kappa shape index (κ3) is 4.42. The minimum Gasteiger partial charge on any atom is -0.401 e. The Morgan fingerprint density at radius 2 is 1.57 bits per heavy atom. The average molecular weight is 478 g/mol. The van der Waals surface area contributed by atoms with Crippen LogP contribution >= 0.6 is 0 Å². The second-order valence-corrected chi connectivity index (χ2v) is 8.56. The summed E-state index contributed by atoms with van der Waals surface area (Å²) in [6.07, 6.45) is 0. The molecule has 1 fully saturated rings. The Morgan fingerprint density at radius 3 is 2.26 bits per heavy atom. The fourth-order valence-corrected chi connectivity index (χ4v) is 4.25. The number of anilines is 1.